The molecule has 5 heteroatoms. The molecule has 1 atom stereocenters. The molecule has 19 heavy (non-hydrogen) atoms. The number of carbonyl (C=O) groups is 1. The van der Waals surface area contributed by atoms with E-state index < -0.39 is 6.04 Å². The highest BCUT2D eigenvalue weighted by Crippen LogP contribution is 2.32. The molecule has 2 rings (SSSR count). The second kappa shape index (κ2) is 5.13. The van der Waals surface area contributed by atoms with Gasteiger partial charge >= 0.3 is 0 Å². The van der Waals surface area contributed by atoms with E-state index in [1.807, 2.05) is 20.8 Å². The Bertz CT molecular complexity index is 555. The zero-order chi connectivity index (χ0) is 14.0. The molecule has 0 fully saturated rings. The molecule has 1 aromatic heterocycles. The molecule has 0 saturated heterocycles. The van der Waals surface area contributed by atoms with Gasteiger partial charge in [-0.2, -0.15) is 5.10 Å². The summed E-state index contributed by atoms with van der Waals surface area (Å²) in [4.78, 5) is 16.6. The van der Waals surface area contributed by atoms with Crippen molar-refractivity contribution in [3.63, 3.8) is 0 Å². The summed E-state index contributed by atoms with van der Waals surface area (Å²) in [7, 11) is 0. The molecular formula is C14H16ClN3O. The molecule has 0 saturated carbocycles. The third-order valence-electron chi connectivity index (χ3n) is 2.90. The van der Waals surface area contributed by atoms with Crippen molar-refractivity contribution in [1.82, 2.24) is 14.8 Å². The Kier molecular flexibility index (Phi) is 3.71. The van der Waals surface area contributed by atoms with Gasteiger partial charge in [-0.1, -0.05) is 32.4 Å². The summed E-state index contributed by atoms with van der Waals surface area (Å²) in [6.07, 6.45) is 3.01. The Morgan fingerprint density at radius 3 is 2.37 bits per heavy atom. The quantitative estimate of drug-likeness (QED) is 0.808. The average Bonchev–Trinajstić information content (AvgIpc) is 2.81. The van der Waals surface area contributed by atoms with Crippen LogP contribution in [0.2, 0.25) is 5.02 Å². The third kappa shape index (κ3) is 3.01. The van der Waals surface area contributed by atoms with Gasteiger partial charge in [0, 0.05) is 10.6 Å². The van der Waals surface area contributed by atoms with Crippen molar-refractivity contribution in [2.45, 2.75) is 26.8 Å². The van der Waals surface area contributed by atoms with Crippen molar-refractivity contribution in [2.24, 2.45) is 5.41 Å². The number of hydrogen-bond donors (Lipinski definition) is 0. The third-order valence-corrected chi connectivity index (χ3v) is 3.15. The molecule has 0 bridgehead atoms. The maximum absolute atomic E-state index is 12.7. The zero-order valence-electron chi connectivity index (χ0n) is 11.2. The van der Waals surface area contributed by atoms with E-state index in [2.05, 4.69) is 10.1 Å². The van der Waals surface area contributed by atoms with Crippen LogP contribution >= 0.6 is 11.6 Å². The molecule has 0 radical (unpaired) electrons. The second-order valence-corrected chi connectivity index (χ2v) is 5.95. The van der Waals surface area contributed by atoms with Crippen LogP contribution < -0.4 is 0 Å². The average molecular weight is 278 g/mol. The van der Waals surface area contributed by atoms with Crippen molar-refractivity contribution in [3.05, 3.63) is 47.5 Å². The van der Waals surface area contributed by atoms with Gasteiger partial charge in [0.25, 0.3) is 0 Å². The molecule has 0 N–H and O–H groups in total. The first-order chi connectivity index (χ1) is 8.89. The predicted molar refractivity (Wildman–Crippen MR) is 74.3 cm³/mol. The van der Waals surface area contributed by atoms with Gasteiger partial charge in [-0.25, -0.2) is 9.67 Å². The number of hydrogen-bond acceptors (Lipinski definition) is 3. The molecule has 2 aromatic rings. The summed E-state index contributed by atoms with van der Waals surface area (Å²) < 4.78 is 1.61. The lowest BCUT2D eigenvalue weighted by molar-refractivity contribution is 0.0813. The number of nitrogens with zero attached hydrogens (tertiary/aromatic N) is 3. The van der Waals surface area contributed by atoms with Crippen LogP contribution in [-0.2, 0) is 0 Å². The molecule has 0 aliphatic heterocycles. The fourth-order valence-electron chi connectivity index (χ4n) is 2.03. The predicted octanol–water partition coefficient (Wildman–Crippen LogP) is 3.40. The van der Waals surface area contributed by atoms with E-state index in [9.17, 15) is 4.79 Å². The Morgan fingerprint density at radius 2 is 1.89 bits per heavy atom. The lowest BCUT2D eigenvalue weighted by Crippen LogP contribution is -2.32. The fourth-order valence-corrected chi connectivity index (χ4v) is 2.16. The minimum atomic E-state index is -0.392. The summed E-state index contributed by atoms with van der Waals surface area (Å²) in [6.45, 7) is 6.02. The van der Waals surface area contributed by atoms with Gasteiger partial charge in [0.15, 0.2) is 5.78 Å². The summed E-state index contributed by atoms with van der Waals surface area (Å²) in [5.41, 5.74) is 0.365. The van der Waals surface area contributed by atoms with E-state index in [0.717, 1.165) is 0 Å². The highest BCUT2D eigenvalue weighted by Gasteiger charge is 2.34. The van der Waals surface area contributed by atoms with Gasteiger partial charge in [0.1, 0.15) is 18.7 Å². The first-order valence-electron chi connectivity index (χ1n) is 6.03. The van der Waals surface area contributed by atoms with Crippen LogP contribution in [0, 0.1) is 5.41 Å². The maximum Gasteiger partial charge on any atom is 0.187 e. The number of aromatic nitrogens is 3. The standard InChI is InChI=1S/C14H16ClN3O/c1-14(2,3)13(18-9-16-8-17-18)12(19)10-4-6-11(15)7-5-10/h4-9,13H,1-3H3/t13-/m0/s1. The SMILES string of the molecule is CC(C)(C)[C@H](C(=O)c1ccc(Cl)cc1)n1cncn1. The zero-order valence-corrected chi connectivity index (χ0v) is 11.9. The normalized spacial score (nSPS) is 13.3. The van der Waals surface area contributed by atoms with Crippen LogP contribution in [0.4, 0.5) is 0 Å². The van der Waals surface area contributed by atoms with Gasteiger partial charge < -0.3 is 0 Å². The molecule has 1 aromatic carbocycles. The van der Waals surface area contributed by atoms with E-state index in [1.165, 1.54) is 6.33 Å². The number of benzene rings is 1. The Morgan fingerprint density at radius 1 is 1.26 bits per heavy atom. The number of halogens is 1. The highest BCUT2D eigenvalue weighted by molar-refractivity contribution is 6.30. The first kappa shape index (κ1) is 13.7. The summed E-state index contributed by atoms with van der Waals surface area (Å²) in [5, 5.41) is 4.72. The van der Waals surface area contributed by atoms with Gasteiger partial charge in [-0.15, -0.1) is 0 Å². The molecule has 4 nitrogen and oxygen atoms in total. The summed E-state index contributed by atoms with van der Waals surface area (Å²) in [6, 6.07) is 6.52. The van der Waals surface area contributed by atoms with E-state index in [-0.39, 0.29) is 11.2 Å². The van der Waals surface area contributed by atoms with Crippen LogP contribution in [-0.4, -0.2) is 20.5 Å². The monoisotopic (exact) mass is 277 g/mol. The van der Waals surface area contributed by atoms with Crippen LogP contribution in [0.5, 0.6) is 0 Å². The van der Waals surface area contributed by atoms with Gasteiger partial charge in [-0.3, -0.25) is 4.79 Å². The largest absolute Gasteiger partial charge is 0.292 e. The van der Waals surface area contributed by atoms with Crippen molar-refractivity contribution >= 4 is 17.4 Å². The van der Waals surface area contributed by atoms with E-state index >= 15 is 0 Å². The Hall–Kier alpha value is -1.68. The number of carbonyl (C=O) groups excluding carboxylic acids is 1. The second-order valence-electron chi connectivity index (χ2n) is 5.52. The number of Topliss-reactive ketones (excluding diaryl/α,β-unsaturated/α-hetero) is 1. The number of ketones is 1. The maximum atomic E-state index is 12.7. The van der Waals surface area contributed by atoms with Gasteiger partial charge in [-0.05, 0) is 29.7 Å². The number of rotatable bonds is 3. The molecule has 0 spiro atoms. The van der Waals surface area contributed by atoms with Crippen LogP contribution in [0.1, 0.15) is 37.2 Å². The molecular weight excluding hydrogens is 262 g/mol. The smallest absolute Gasteiger partial charge is 0.187 e. The lowest BCUT2D eigenvalue weighted by Gasteiger charge is -2.29. The first-order valence-corrected chi connectivity index (χ1v) is 6.41. The van der Waals surface area contributed by atoms with E-state index in [1.54, 1.807) is 35.3 Å². The van der Waals surface area contributed by atoms with Crippen LogP contribution in [0.3, 0.4) is 0 Å². The van der Waals surface area contributed by atoms with Crippen molar-refractivity contribution in [2.75, 3.05) is 0 Å². The minimum Gasteiger partial charge on any atom is -0.292 e. The van der Waals surface area contributed by atoms with Gasteiger partial charge in [0.2, 0.25) is 0 Å². The summed E-state index contributed by atoms with van der Waals surface area (Å²) >= 11 is 5.85. The fraction of sp³-hybridized carbons (Fsp3) is 0.357. The summed E-state index contributed by atoms with van der Waals surface area (Å²) in [5.74, 6) is 0.00895. The molecule has 0 amide bonds. The van der Waals surface area contributed by atoms with Crippen molar-refractivity contribution in [1.29, 1.82) is 0 Å². The van der Waals surface area contributed by atoms with Crippen LogP contribution in [0.25, 0.3) is 0 Å². The van der Waals surface area contributed by atoms with E-state index in [4.69, 9.17) is 11.6 Å². The molecule has 1 heterocycles. The lowest BCUT2D eigenvalue weighted by atomic mass is 9.82. The molecule has 100 valence electrons. The van der Waals surface area contributed by atoms with Crippen LogP contribution in [0.15, 0.2) is 36.9 Å². The van der Waals surface area contributed by atoms with Crippen molar-refractivity contribution < 1.29 is 4.79 Å². The highest BCUT2D eigenvalue weighted by atomic mass is 35.5. The topological polar surface area (TPSA) is 47.8 Å². The molecule has 0 unspecified atom stereocenters. The Balaban J connectivity index is 2.39. The van der Waals surface area contributed by atoms with E-state index in [0.29, 0.717) is 10.6 Å². The Labute approximate surface area is 117 Å². The molecule has 0 aliphatic rings. The van der Waals surface area contributed by atoms with Crippen molar-refractivity contribution in [3.8, 4) is 0 Å². The molecule has 0 aliphatic carbocycles. The van der Waals surface area contributed by atoms with Gasteiger partial charge in [0.05, 0.1) is 0 Å². The minimum absolute atomic E-state index is 0.00895.